The SMILES string of the molecule is O=c1c2c([nH]n1-c1ccc(Br)cc1)-c1ccccc1CO2. The van der Waals surface area contributed by atoms with E-state index >= 15 is 0 Å². The van der Waals surface area contributed by atoms with Gasteiger partial charge in [-0.25, -0.2) is 4.68 Å². The van der Waals surface area contributed by atoms with Gasteiger partial charge in [-0.2, -0.15) is 0 Å². The van der Waals surface area contributed by atoms with Crippen LogP contribution in [0.4, 0.5) is 0 Å². The average molecular weight is 343 g/mol. The molecule has 1 N–H and O–H groups in total. The van der Waals surface area contributed by atoms with Crippen LogP contribution in [0.5, 0.6) is 5.75 Å². The third kappa shape index (κ3) is 1.93. The fourth-order valence-electron chi connectivity index (χ4n) is 2.55. The Hall–Kier alpha value is -2.27. The Labute approximate surface area is 129 Å². The number of fused-ring (bicyclic) bond motifs is 3. The van der Waals surface area contributed by atoms with Crippen molar-refractivity contribution in [1.29, 1.82) is 0 Å². The third-order valence-corrected chi connectivity index (χ3v) is 4.12. The zero-order chi connectivity index (χ0) is 14.4. The van der Waals surface area contributed by atoms with E-state index in [0.29, 0.717) is 12.4 Å². The summed E-state index contributed by atoms with van der Waals surface area (Å²) in [6.45, 7) is 0.427. The Morgan fingerprint density at radius 2 is 1.86 bits per heavy atom. The van der Waals surface area contributed by atoms with Gasteiger partial charge >= 0.3 is 5.56 Å². The number of H-pyrrole nitrogens is 1. The van der Waals surface area contributed by atoms with Gasteiger partial charge in [0.15, 0.2) is 0 Å². The molecule has 0 aliphatic carbocycles. The summed E-state index contributed by atoms with van der Waals surface area (Å²) in [6, 6.07) is 15.5. The quantitative estimate of drug-likeness (QED) is 0.735. The van der Waals surface area contributed by atoms with Gasteiger partial charge in [0.1, 0.15) is 12.3 Å². The van der Waals surface area contributed by atoms with Crippen molar-refractivity contribution in [2.45, 2.75) is 6.61 Å². The number of aromatic nitrogens is 2. The topological polar surface area (TPSA) is 47.0 Å². The van der Waals surface area contributed by atoms with E-state index in [2.05, 4.69) is 21.0 Å². The maximum absolute atomic E-state index is 12.5. The molecule has 2 aromatic carbocycles. The monoisotopic (exact) mass is 342 g/mol. The molecule has 21 heavy (non-hydrogen) atoms. The van der Waals surface area contributed by atoms with Crippen LogP contribution in [-0.4, -0.2) is 9.78 Å². The summed E-state index contributed by atoms with van der Waals surface area (Å²) in [6.07, 6.45) is 0. The fourth-order valence-corrected chi connectivity index (χ4v) is 2.81. The molecule has 1 aliphatic rings. The Morgan fingerprint density at radius 1 is 1.10 bits per heavy atom. The Bertz CT molecular complexity index is 878. The van der Waals surface area contributed by atoms with Gasteiger partial charge in [-0.1, -0.05) is 40.2 Å². The molecule has 0 spiro atoms. The van der Waals surface area contributed by atoms with Crippen LogP contribution in [0.15, 0.2) is 57.8 Å². The molecule has 4 nitrogen and oxygen atoms in total. The van der Waals surface area contributed by atoms with Crippen LogP contribution in [0.3, 0.4) is 0 Å². The Kier molecular flexibility index (Phi) is 2.75. The van der Waals surface area contributed by atoms with Crippen LogP contribution in [0.25, 0.3) is 16.9 Å². The lowest BCUT2D eigenvalue weighted by atomic mass is 10.0. The van der Waals surface area contributed by atoms with Gasteiger partial charge in [-0.3, -0.25) is 9.89 Å². The molecule has 1 aromatic heterocycles. The molecule has 0 saturated carbocycles. The Morgan fingerprint density at radius 3 is 2.67 bits per heavy atom. The molecule has 0 fully saturated rings. The van der Waals surface area contributed by atoms with E-state index < -0.39 is 0 Å². The highest BCUT2D eigenvalue weighted by atomic mass is 79.9. The van der Waals surface area contributed by atoms with Crippen molar-refractivity contribution < 1.29 is 4.74 Å². The molecule has 2 heterocycles. The van der Waals surface area contributed by atoms with Crippen LogP contribution in [0.2, 0.25) is 0 Å². The van der Waals surface area contributed by atoms with Crippen molar-refractivity contribution in [1.82, 2.24) is 9.78 Å². The fraction of sp³-hybridized carbons (Fsp3) is 0.0625. The highest BCUT2D eigenvalue weighted by Crippen LogP contribution is 2.34. The molecule has 1 aliphatic heterocycles. The molecule has 5 heteroatoms. The van der Waals surface area contributed by atoms with Crippen LogP contribution in [0, 0.1) is 0 Å². The third-order valence-electron chi connectivity index (χ3n) is 3.59. The first-order valence-corrected chi connectivity index (χ1v) is 7.35. The second-order valence-electron chi connectivity index (χ2n) is 4.88. The molecule has 0 radical (unpaired) electrons. The number of nitrogens with one attached hydrogen (secondary N) is 1. The zero-order valence-electron chi connectivity index (χ0n) is 11.0. The highest BCUT2D eigenvalue weighted by Gasteiger charge is 2.24. The molecular weight excluding hydrogens is 332 g/mol. The molecule has 4 rings (SSSR count). The number of aromatic amines is 1. The molecule has 0 saturated heterocycles. The van der Waals surface area contributed by atoms with Crippen molar-refractivity contribution >= 4 is 15.9 Å². The predicted molar refractivity (Wildman–Crippen MR) is 83.9 cm³/mol. The maximum Gasteiger partial charge on any atom is 0.314 e. The van der Waals surface area contributed by atoms with Gasteiger partial charge < -0.3 is 4.74 Å². The van der Waals surface area contributed by atoms with Gasteiger partial charge in [0.2, 0.25) is 5.75 Å². The van der Waals surface area contributed by atoms with Crippen LogP contribution in [-0.2, 0) is 6.61 Å². The van der Waals surface area contributed by atoms with Crippen molar-refractivity contribution in [3.63, 3.8) is 0 Å². The minimum atomic E-state index is -0.165. The summed E-state index contributed by atoms with van der Waals surface area (Å²) in [4.78, 5) is 12.5. The average Bonchev–Trinajstić information content (AvgIpc) is 2.86. The molecule has 0 amide bonds. The first-order valence-electron chi connectivity index (χ1n) is 6.56. The highest BCUT2D eigenvalue weighted by molar-refractivity contribution is 9.10. The molecule has 0 unspecified atom stereocenters. The second-order valence-corrected chi connectivity index (χ2v) is 5.79. The van der Waals surface area contributed by atoms with Gasteiger partial charge in [0.25, 0.3) is 0 Å². The number of ether oxygens (including phenoxy) is 1. The molecular formula is C16H11BrN2O2. The zero-order valence-corrected chi connectivity index (χ0v) is 12.6. The molecule has 0 bridgehead atoms. The first-order chi connectivity index (χ1) is 10.2. The van der Waals surface area contributed by atoms with E-state index in [1.165, 1.54) is 4.68 Å². The smallest absolute Gasteiger partial charge is 0.314 e. The van der Waals surface area contributed by atoms with E-state index in [9.17, 15) is 4.79 Å². The van der Waals surface area contributed by atoms with Crippen LogP contribution < -0.4 is 10.3 Å². The van der Waals surface area contributed by atoms with Crippen molar-refractivity contribution in [3.05, 3.63) is 68.9 Å². The molecule has 3 aromatic rings. The van der Waals surface area contributed by atoms with Crippen molar-refractivity contribution in [2.75, 3.05) is 0 Å². The molecule has 0 atom stereocenters. The predicted octanol–water partition coefficient (Wildman–Crippen LogP) is 3.49. The number of nitrogens with zero attached hydrogens (tertiary/aromatic N) is 1. The van der Waals surface area contributed by atoms with E-state index in [1.54, 1.807) is 0 Å². The second kappa shape index (κ2) is 4.63. The lowest BCUT2D eigenvalue weighted by molar-refractivity contribution is 0.299. The number of hydrogen-bond donors (Lipinski definition) is 1. The lowest BCUT2D eigenvalue weighted by Crippen LogP contribution is -2.16. The summed E-state index contributed by atoms with van der Waals surface area (Å²) in [5, 5.41) is 3.16. The summed E-state index contributed by atoms with van der Waals surface area (Å²) in [5.41, 5.74) is 3.45. The number of halogens is 1. The molecule has 104 valence electrons. The van der Waals surface area contributed by atoms with Crippen molar-refractivity contribution in [3.8, 4) is 22.7 Å². The lowest BCUT2D eigenvalue weighted by Gasteiger charge is -2.15. The van der Waals surface area contributed by atoms with E-state index in [-0.39, 0.29) is 5.56 Å². The maximum atomic E-state index is 12.5. The number of hydrogen-bond acceptors (Lipinski definition) is 2. The summed E-state index contributed by atoms with van der Waals surface area (Å²) < 4.78 is 8.12. The van der Waals surface area contributed by atoms with Crippen LogP contribution >= 0.6 is 15.9 Å². The van der Waals surface area contributed by atoms with Crippen molar-refractivity contribution in [2.24, 2.45) is 0 Å². The van der Waals surface area contributed by atoms with Gasteiger partial charge in [0.05, 0.1) is 5.69 Å². The first kappa shape index (κ1) is 12.5. The number of benzene rings is 2. The largest absolute Gasteiger partial charge is 0.481 e. The minimum absolute atomic E-state index is 0.165. The number of rotatable bonds is 1. The standard InChI is InChI=1S/C16H11BrN2O2/c17-11-5-7-12(8-6-11)19-16(20)15-14(18-19)13-4-2-1-3-10(13)9-21-15/h1-8,18H,9H2. The normalized spacial score (nSPS) is 12.4. The summed E-state index contributed by atoms with van der Waals surface area (Å²) in [7, 11) is 0. The Balaban J connectivity index is 1.93. The van der Waals surface area contributed by atoms with E-state index in [0.717, 1.165) is 27.0 Å². The minimum Gasteiger partial charge on any atom is -0.481 e. The van der Waals surface area contributed by atoms with E-state index in [1.807, 2.05) is 48.5 Å². The van der Waals surface area contributed by atoms with Crippen LogP contribution in [0.1, 0.15) is 5.56 Å². The summed E-state index contributed by atoms with van der Waals surface area (Å²) >= 11 is 3.39. The van der Waals surface area contributed by atoms with Gasteiger partial charge in [0, 0.05) is 10.0 Å². The summed E-state index contributed by atoms with van der Waals surface area (Å²) in [5.74, 6) is 0.386. The van der Waals surface area contributed by atoms with E-state index in [4.69, 9.17) is 4.74 Å². The van der Waals surface area contributed by atoms with Gasteiger partial charge in [-0.15, -0.1) is 0 Å². The van der Waals surface area contributed by atoms with Gasteiger partial charge in [-0.05, 0) is 29.8 Å².